The van der Waals surface area contributed by atoms with Crippen LogP contribution in [-0.2, 0) is 5.75 Å². The van der Waals surface area contributed by atoms with Gasteiger partial charge in [-0.25, -0.2) is 4.98 Å². The van der Waals surface area contributed by atoms with Crippen LogP contribution in [0.1, 0.15) is 11.1 Å². The summed E-state index contributed by atoms with van der Waals surface area (Å²) in [6.07, 6.45) is 3.33. The van der Waals surface area contributed by atoms with Crippen LogP contribution < -0.4 is 5.73 Å². The number of nitrogens with zero attached hydrogens (tertiary/aromatic N) is 3. The van der Waals surface area contributed by atoms with E-state index in [1.807, 2.05) is 36.4 Å². The van der Waals surface area contributed by atoms with Crippen LogP contribution in [0.3, 0.4) is 0 Å². The number of rotatable bonds is 4. The summed E-state index contributed by atoms with van der Waals surface area (Å²) in [6.45, 7) is 0. The van der Waals surface area contributed by atoms with E-state index in [2.05, 4.69) is 32.3 Å². The lowest BCUT2D eigenvalue weighted by molar-refractivity contribution is 1.25. The maximum atomic E-state index is 5.86. The number of para-hydroxylation sites is 1. The Morgan fingerprint density at radius 1 is 1.18 bits per heavy atom. The summed E-state index contributed by atoms with van der Waals surface area (Å²) in [4.78, 5) is 7.32. The second-order valence-corrected chi connectivity index (χ2v) is 5.60. The molecule has 0 aliphatic carbocycles. The third kappa shape index (κ3) is 3.53. The van der Waals surface area contributed by atoms with Crippen LogP contribution in [0.25, 0.3) is 11.0 Å². The molecule has 0 bridgehead atoms. The summed E-state index contributed by atoms with van der Waals surface area (Å²) in [5, 5.41) is 8.50. The molecule has 3 N–H and O–H groups in total. The maximum Gasteiger partial charge on any atom is 0.180 e. The van der Waals surface area contributed by atoms with Gasteiger partial charge in [-0.05, 0) is 11.6 Å². The Hall–Kier alpha value is -2.60. The highest BCUT2D eigenvalue weighted by molar-refractivity contribution is 8.13. The van der Waals surface area contributed by atoms with Crippen LogP contribution in [-0.4, -0.2) is 21.4 Å². The molecule has 0 atom stereocenters. The van der Waals surface area contributed by atoms with Gasteiger partial charge in [0.25, 0.3) is 0 Å². The molecule has 3 aromatic rings. The monoisotopic (exact) mass is 309 g/mol. The first-order valence-electron chi connectivity index (χ1n) is 6.78. The van der Waals surface area contributed by atoms with E-state index < -0.39 is 0 Å². The van der Waals surface area contributed by atoms with Crippen LogP contribution in [0, 0.1) is 0 Å². The average molecular weight is 309 g/mol. The van der Waals surface area contributed by atoms with Crippen molar-refractivity contribution in [1.29, 1.82) is 0 Å². The number of benzene rings is 2. The number of nitrogens with one attached hydrogen (secondary N) is 1. The Morgan fingerprint density at radius 3 is 2.91 bits per heavy atom. The van der Waals surface area contributed by atoms with E-state index in [0.717, 1.165) is 22.3 Å². The standard InChI is InChI=1S/C16H15N5S/c17-16(22-10-12-5-2-1-3-6-12)21-20-9-13-7-4-8-14-15(13)19-11-18-14/h1-9,11H,10H2,(H2,17,21)(H,18,19). The molecule has 1 aromatic heterocycles. The van der Waals surface area contributed by atoms with Gasteiger partial charge >= 0.3 is 0 Å². The fourth-order valence-electron chi connectivity index (χ4n) is 2.00. The molecule has 0 spiro atoms. The second-order valence-electron chi connectivity index (χ2n) is 4.60. The first-order chi connectivity index (χ1) is 10.8. The summed E-state index contributed by atoms with van der Waals surface area (Å²) in [6, 6.07) is 16.0. The molecule has 3 rings (SSSR count). The van der Waals surface area contributed by atoms with Gasteiger partial charge in [0.2, 0.25) is 0 Å². The van der Waals surface area contributed by atoms with Crippen LogP contribution in [0.4, 0.5) is 0 Å². The third-order valence-corrected chi connectivity index (χ3v) is 3.92. The number of aromatic amines is 1. The summed E-state index contributed by atoms with van der Waals surface area (Å²) >= 11 is 1.46. The summed E-state index contributed by atoms with van der Waals surface area (Å²) in [5.74, 6) is 0.778. The van der Waals surface area contributed by atoms with Gasteiger partial charge in [-0.1, -0.05) is 54.2 Å². The fraction of sp³-hybridized carbons (Fsp3) is 0.0625. The zero-order chi connectivity index (χ0) is 15.2. The van der Waals surface area contributed by atoms with E-state index in [0.29, 0.717) is 5.17 Å². The number of nitrogens with two attached hydrogens (primary N) is 1. The minimum atomic E-state index is 0.439. The second kappa shape index (κ2) is 6.91. The number of hydrogen-bond acceptors (Lipinski definition) is 4. The van der Waals surface area contributed by atoms with Gasteiger partial charge in [0.1, 0.15) is 0 Å². The molecule has 0 aliphatic heterocycles. The Kier molecular flexibility index (Phi) is 4.50. The number of amidine groups is 1. The Bertz CT molecular complexity index is 808. The molecule has 0 amide bonds. The van der Waals surface area contributed by atoms with Crippen molar-refractivity contribution in [3.63, 3.8) is 0 Å². The lowest BCUT2D eigenvalue weighted by Gasteiger charge is -1.99. The van der Waals surface area contributed by atoms with Crippen molar-refractivity contribution in [2.45, 2.75) is 5.75 Å². The van der Waals surface area contributed by atoms with Crippen molar-refractivity contribution in [3.05, 3.63) is 66.0 Å². The van der Waals surface area contributed by atoms with Gasteiger partial charge in [-0.2, -0.15) is 5.10 Å². The Balaban J connectivity index is 1.64. The largest absolute Gasteiger partial charge is 0.377 e. The van der Waals surface area contributed by atoms with E-state index in [1.54, 1.807) is 12.5 Å². The number of thioether (sulfide) groups is 1. The van der Waals surface area contributed by atoms with Crippen molar-refractivity contribution >= 4 is 34.2 Å². The molecule has 5 nitrogen and oxygen atoms in total. The first kappa shape index (κ1) is 14.3. The third-order valence-electron chi connectivity index (χ3n) is 3.06. The minimum absolute atomic E-state index is 0.439. The van der Waals surface area contributed by atoms with E-state index in [-0.39, 0.29) is 0 Å². The zero-order valence-corrected chi connectivity index (χ0v) is 12.6. The van der Waals surface area contributed by atoms with Gasteiger partial charge in [-0.15, -0.1) is 5.10 Å². The quantitative estimate of drug-likeness (QED) is 0.441. The molecule has 6 heteroatoms. The number of hydrogen-bond donors (Lipinski definition) is 2. The summed E-state index contributed by atoms with van der Waals surface area (Å²) in [5.41, 5.74) is 9.81. The van der Waals surface area contributed by atoms with Crippen molar-refractivity contribution in [3.8, 4) is 0 Å². The molecule has 110 valence electrons. The molecule has 0 fully saturated rings. The molecule has 0 saturated heterocycles. The predicted octanol–water partition coefficient (Wildman–Crippen LogP) is 3.14. The molecule has 0 saturated carbocycles. The van der Waals surface area contributed by atoms with E-state index in [9.17, 15) is 0 Å². The van der Waals surface area contributed by atoms with Crippen LogP contribution in [0.5, 0.6) is 0 Å². The van der Waals surface area contributed by atoms with E-state index in [1.165, 1.54) is 17.3 Å². The van der Waals surface area contributed by atoms with Crippen molar-refractivity contribution in [2.24, 2.45) is 15.9 Å². The van der Waals surface area contributed by atoms with Crippen molar-refractivity contribution < 1.29 is 0 Å². The summed E-state index contributed by atoms with van der Waals surface area (Å²) < 4.78 is 0. The average Bonchev–Trinajstić information content (AvgIpc) is 3.03. The van der Waals surface area contributed by atoms with Crippen LogP contribution in [0.2, 0.25) is 0 Å². The predicted molar refractivity (Wildman–Crippen MR) is 93.0 cm³/mol. The van der Waals surface area contributed by atoms with Crippen LogP contribution in [0.15, 0.2) is 65.1 Å². The molecule has 0 radical (unpaired) electrons. The minimum Gasteiger partial charge on any atom is -0.377 e. The summed E-state index contributed by atoms with van der Waals surface area (Å²) in [7, 11) is 0. The van der Waals surface area contributed by atoms with Crippen molar-refractivity contribution in [2.75, 3.05) is 0 Å². The Labute approximate surface area is 132 Å². The lowest BCUT2D eigenvalue weighted by atomic mass is 10.2. The number of fused-ring (bicyclic) bond motifs is 1. The number of H-pyrrole nitrogens is 1. The lowest BCUT2D eigenvalue weighted by Crippen LogP contribution is -2.06. The molecule has 0 unspecified atom stereocenters. The first-order valence-corrected chi connectivity index (χ1v) is 7.77. The Morgan fingerprint density at radius 2 is 2.05 bits per heavy atom. The molecule has 22 heavy (non-hydrogen) atoms. The van der Waals surface area contributed by atoms with Gasteiger partial charge in [-0.3, -0.25) is 0 Å². The van der Waals surface area contributed by atoms with Gasteiger partial charge in [0.05, 0.1) is 23.6 Å². The number of aromatic nitrogens is 2. The van der Waals surface area contributed by atoms with Crippen LogP contribution >= 0.6 is 11.8 Å². The maximum absolute atomic E-state index is 5.86. The molecular formula is C16H15N5S. The van der Waals surface area contributed by atoms with Crippen molar-refractivity contribution in [1.82, 2.24) is 9.97 Å². The molecule has 1 heterocycles. The van der Waals surface area contributed by atoms with Gasteiger partial charge < -0.3 is 10.7 Å². The highest BCUT2D eigenvalue weighted by atomic mass is 32.2. The molecule has 2 aromatic carbocycles. The number of imidazole rings is 1. The zero-order valence-electron chi connectivity index (χ0n) is 11.8. The fourth-order valence-corrected chi connectivity index (χ4v) is 2.61. The molecule has 0 aliphatic rings. The highest BCUT2D eigenvalue weighted by Gasteiger charge is 2.00. The van der Waals surface area contributed by atoms with E-state index in [4.69, 9.17) is 5.73 Å². The highest BCUT2D eigenvalue weighted by Crippen LogP contribution is 2.13. The van der Waals surface area contributed by atoms with Gasteiger partial charge in [0.15, 0.2) is 5.17 Å². The SMILES string of the molecule is NC(=NN=Cc1cccc2[nH]cnc12)SCc1ccccc1. The van der Waals surface area contributed by atoms with E-state index >= 15 is 0 Å². The smallest absolute Gasteiger partial charge is 0.180 e. The topological polar surface area (TPSA) is 79.4 Å². The van der Waals surface area contributed by atoms with Gasteiger partial charge in [0, 0.05) is 11.3 Å². The normalized spacial score (nSPS) is 12.3. The molecular weight excluding hydrogens is 294 g/mol.